The molecule has 1 aromatic carbocycles. The summed E-state index contributed by atoms with van der Waals surface area (Å²) in [7, 11) is 0. The summed E-state index contributed by atoms with van der Waals surface area (Å²) in [6, 6.07) is 11.0. The molecular formula is C14H17N3O. The molecule has 0 amide bonds. The first kappa shape index (κ1) is 12.4. The van der Waals surface area contributed by atoms with Crippen molar-refractivity contribution in [2.45, 2.75) is 13.5 Å². The zero-order valence-electron chi connectivity index (χ0n) is 10.4. The first-order valence-corrected chi connectivity index (χ1v) is 5.96. The minimum atomic E-state index is 0.246. The Kier molecular flexibility index (Phi) is 3.79. The molecule has 18 heavy (non-hydrogen) atoms. The van der Waals surface area contributed by atoms with Crippen molar-refractivity contribution in [2.75, 3.05) is 11.4 Å². The average Bonchev–Trinajstić information content (AvgIpc) is 2.40. The monoisotopic (exact) mass is 243 g/mol. The molecule has 2 rings (SSSR count). The van der Waals surface area contributed by atoms with E-state index in [9.17, 15) is 5.11 Å². The van der Waals surface area contributed by atoms with Crippen LogP contribution in [-0.4, -0.2) is 16.6 Å². The molecule has 3 N–H and O–H groups in total. The van der Waals surface area contributed by atoms with Gasteiger partial charge in [0, 0.05) is 36.6 Å². The third kappa shape index (κ3) is 2.43. The molecule has 0 saturated heterocycles. The first-order valence-electron chi connectivity index (χ1n) is 5.96. The molecular weight excluding hydrogens is 226 g/mol. The highest BCUT2D eigenvalue weighted by Gasteiger charge is 2.12. The molecule has 0 unspecified atom stereocenters. The molecule has 0 radical (unpaired) electrons. The fraction of sp³-hybridized carbons (Fsp3) is 0.214. The number of anilines is 2. The third-order valence-electron chi connectivity index (χ3n) is 2.80. The van der Waals surface area contributed by atoms with Gasteiger partial charge in [-0.05, 0) is 25.1 Å². The summed E-state index contributed by atoms with van der Waals surface area (Å²) >= 11 is 0. The van der Waals surface area contributed by atoms with Gasteiger partial charge in [-0.2, -0.15) is 0 Å². The van der Waals surface area contributed by atoms with Gasteiger partial charge >= 0.3 is 0 Å². The van der Waals surface area contributed by atoms with Gasteiger partial charge in [-0.15, -0.1) is 0 Å². The van der Waals surface area contributed by atoms with Crippen LogP contribution in [0, 0.1) is 0 Å². The van der Waals surface area contributed by atoms with E-state index in [0.717, 1.165) is 23.6 Å². The highest BCUT2D eigenvalue weighted by molar-refractivity contribution is 5.64. The molecule has 0 atom stereocenters. The molecule has 0 spiro atoms. The Morgan fingerprint density at radius 3 is 2.78 bits per heavy atom. The van der Waals surface area contributed by atoms with Gasteiger partial charge in [-0.1, -0.05) is 12.1 Å². The molecule has 0 aliphatic heterocycles. The van der Waals surface area contributed by atoms with Crippen molar-refractivity contribution in [3.63, 3.8) is 0 Å². The molecule has 94 valence electrons. The summed E-state index contributed by atoms with van der Waals surface area (Å²) in [6.45, 7) is 3.24. The van der Waals surface area contributed by atoms with Crippen LogP contribution < -0.4 is 10.6 Å². The van der Waals surface area contributed by atoms with Gasteiger partial charge in [-0.25, -0.2) is 4.98 Å². The van der Waals surface area contributed by atoms with E-state index in [0.29, 0.717) is 6.54 Å². The first-order chi connectivity index (χ1) is 8.76. The summed E-state index contributed by atoms with van der Waals surface area (Å²) in [6.07, 6.45) is 1.75. The molecule has 0 saturated carbocycles. The number of aromatic nitrogens is 1. The summed E-state index contributed by atoms with van der Waals surface area (Å²) < 4.78 is 0. The Bertz CT molecular complexity index is 528. The fourth-order valence-electron chi connectivity index (χ4n) is 1.95. The lowest BCUT2D eigenvalue weighted by Crippen LogP contribution is -2.19. The zero-order chi connectivity index (χ0) is 13.0. The number of aromatic hydroxyl groups is 1. The molecule has 0 aliphatic rings. The van der Waals surface area contributed by atoms with Gasteiger partial charge < -0.3 is 15.7 Å². The molecule has 4 heteroatoms. The number of nitrogens with two attached hydrogens (primary N) is 1. The number of nitrogens with zero attached hydrogens (tertiary/aromatic N) is 2. The van der Waals surface area contributed by atoms with Crippen LogP contribution in [0.25, 0.3) is 0 Å². The normalized spacial score (nSPS) is 10.3. The summed E-state index contributed by atoms with van der Waals surface area (Å²) in [5.74, 6) is 1.09. The molecule has 1 heterocycles. The number of phenols is 1. The Hall–Kier alpha value is -2.07. The Balaban J connectivity index is 2.45. The van der Waals surface area contributed by atoms with Crippen LogP contribution in [0.2, 0.25) is 0 Å². The van der Waals surface area contributed by atoms with Crippen LogP contribution in [0.15, 0.2) is 42.6 Å². The van der Waals surface area contributed by atoms with Crippen LogP contribution in [0.5, 0.6) is 5.75 Å². The maximum atomic E-state index is 9.56. The van der Waals surface area contributed by atoms with Crippen molar-refractivity contribution in [1.29, 1.82) is 0 Å². The summed E-state index contributed by atoms with van der Waals surface area (Å²) in [5.41, 5.74) is 7.63. The van der Waals surface area contributed by atoms with Crippen LogP contribution in [0.1, 0.15) is 12.5 Å². The van der Waals surface area contributed by atoms with E-state index in [1.807, 2.05) is 36.1 Å². The van der Waals surface area contributed by atoms with E-state index in [4.69, 9.17) is 5.73 Å². The lowest BCUT2D eigenvalue weighted by atomic mass is 10.2. The second-order valence-corrected chi connectivity index (χ2v) is 3.95. The predicted octanol–water partition coefficient (Wildman–Crippen LogP) is 2.40. The smallest absolute Gasteiger partial charge is 0.137 e. The molecule has 2 aromatic rings. The van der Waals surface area contributed by atoms with Crippen molar-refractivity contribution >= 4 is 11.5 Å². The highest BCUT2D eigenvalue weighted by atomic mass is 16.3. The molecule has 0 aliphatic carbocycles. The van der Waals surface area contributed by atoms with Crippen molar-refractivity contribution < 1.29 is 5.11 Å². The highest BCUT2D eigenvalue weighted by Crippen LogP contribution is 2.28. The second kappa shape index (κ2) is 5.51. The van der Waals surface area contributed by atoms with Crippen LogP contribution in [-0.2, 0) is 6.54 Å². The average molecular weight is 243 g/mol. The summed E-state index contributed by atoms with van der Waals surface area (Å²) in [5, 5.41) is 9.56. The number of hydrogen-bond acceptors (Lipinski definition) is 4. The largest absolute Gasteiger partial charge is 0.508 e. The quantitative estimate of drug-likeness (QED) is 0.865. The molecule has 0 fully saturated rings. The zero-order valence-corrected chi connectivity index (χ0v) is 10.4. The summed E-state index contributed by atoms with van der Waals surface area (Å²) in [4.78, 5) is 6.42. The van der Waals surface area contributed by atoms with Crippen LogP contribution in [0.3, 0.4) is 0 Å². The minimum Gasteiger partial charge on any atom is -0.508 e. The number of benzene rings is 1. The van der Waals surface area contributed by atoms with E-state index in [-0.39, 0.29) is 5.75 Å². The Labute approximate surface area is 107 Å². The van der Waals surface area contributed by atoms with Gasteiger partial charge in [0.1, 0.15) is 11.6 Å². The second-order valence-electron chi connectivity index (χ2n) is 3.95. The fourth-order valence-corrected chi connectivity index (χ4v) is 1.95. The van der Waals surface area contributed by atoms with E-state index in [2.05, 4.69) is 4.98 Å². The minimum absolute atomic E-state index is 0.246. The maximum Gasteiger partial charge on any atom is 0.137 e. The van der Waals surface area contributed by atoms with E-state index >= 15 is 0 Å². The van der Waals surface area contributed by atoms with Crippen molar-refractivity contribution in [2.24, 2.45) is 5.73 Å². The van der Waals surface area contributed by atoms with E-state index < -0.39 is 0 Å². The van der Waals surface area contributed by atoms with E-state index in [1.165, 1.54) is 0 Å². The van der Waals surface area contributed by atoms with Gasteiger partial charge in [0.25, 0.3) is 0 Å². The predicted molar refractivity (Wildman–Crippen MR) is 72.9 cm³/mol. The van der Waals surface area contributed by atoms with Gasteiger partial charge in [0.15, 0.2) is 0 Å². The van der Waals surface area contributed by atoms with Crippen LogP contribution >= 0.6 is 0 Å². The van der Waals surface area contributed by atoms with Crippen molar-refractivity contribution in [1.82, 2.24) is 4.98 Å². The van der Waals surface area contributed by atoms with Gasteiger partial charge in [0.05, 0.1) is 0 Å². The maximum absolute atomic E-state index is 9.56. The third-order valence-corrected chi connectivity index (χ3v) is 2.80. The van der Waals surface area contributed by atoms with Gasteiger partial charge in [0.2, 0.25) is 0 Å². The lowest BCUT2D eigenvalue weighted by molar-refractivity contribution is 0.475. The Morgan fingerprint density at radius 2 is 2.11 bits per heavy atom. The number of hydrogen-bond donors (Lipinski definition) is 2. The standard InChI is InChI=1S/C14H17N3O/c1-2-17(12-6-3-7-13(18)9-12)14-11(10-15)5-4-8-16-14/h3-9,18H,2,10,15H2,1H3. The topological polar surface area (TPSA) is 62.4 Å². The van der Waals surface area contributed by atoms with Crippen molar-refractivity contribution in [3.05, 3.63) is 48.2 Å². The molecule has 0 bridgehead atoms. The van der Waals surface area contributed by atoms with Crippen molar-refractivity contribution in [3.8, 4) is 5.75 Å². The number of phenolic OH excluding ortho intramolecular Hbond substituents is 1. The lowest BCUT2D eigenvalue weighted by Gasteiger charge is -2.24. The number of pyridine rings is 1. The molecule has 1 aromatic heterocycles. The van der Waals surface area contributed by atoms with Gasteiger partial charge in [-0.3, -0.25) is 0 Å². The van der Waals surface area contributed by atoms with Crippen LogP contribution in [0.4, 0.5) is 11.5 Å². The number of rotatable bonds is 4. The molecule has 4 nitrogen and oxygen atoms in total. The van der Waals surface area contributed by atoms with E-state index in [1.54, 1.807) is 18.3 Å². The Morgan fingerprint density at radius 1 is 1.28 bits per heavy atom. The SMILES string of the molecule is CCN(c1cccc(O)c1)c1ncccc1CN.